The molecule has 0 bridgehead atoms. The van der Waals surface area contributed by atoms with Crippen LogP contribution >= 0.6 is 11.8 Å². The van der Waals surface area contributed by atoms with Crippen LogP contribution in [0, 0.1) is 6.92 Å². The smallest absolute Gasteiger partial charge is 0.166 e. The summed E-state index contributed by atoms with van der Waals surface area (Å²) in [6, 6.07) is 6.41. The second-order valence-corrected chi connectivity index (χ2v) is 6.87. The maximum atomic E-state index is 5.36. The number of hydrogen-bond acceptors (Lipinski definition) is 4. The predicted octanol–water partition coefficient (Wildman–Crippen LogP) is 4.06. The van der Waals surface area contributed by atoms with E-state index in [4.69, 9.17) is 9.72 Å². The number of aromatic nitrogens is 3. The van der Waals surface area contributed by atoms with Crippen LogP contribution in [0.15, 0.2) is 29.6 Å². The lowest BCUT2D eigenvalue weighted by atomic mass is 10.1. The molecule has 1 aliphatic carbocycles. The first kappa shape index (κ1) is 14.6. The van der Waals surface area contributed by atoms with Gasteiger partial charge >= 0.3 is 0 Å². The first-order chi connectivity index (χ1) is 11.2. The lowest BCUT2D eigenvalue weighted by molar-refractivity contribution is 0.410. The lowest BCUT2D eigenvalue weighted by Crippen LogP contribution is -1.95. The Hall–Kier alpha value is -2.01. The fourth-order valence-electron chi connectivity index (χ4n) is 3.19. The van der Waals surface area contributed by atoms with E-state index >= 15 is 0 Å². The average molecular weight is 325 g/mol. The van der Waals surface area contributed by atoms with Crippen LogP contribution in [-0.4, -0.2) is 22.1 Å². The Morgan fingerprint density at radius 3 is 2.91 bits per heavy atom. The zero-order valence-electron chi connectivity index (χ0n) is 13.3. The van der Waals surface area contributed by atoms with Gasteiger partial charge in [0.15, 0.2) is 5.16 Å². The van der Waals surface area contributed by atoms with Crippen molar-refractivity contribution < 1.29 is 4.74 Å². The van der Waals surface area contributed by atoms with Gasteiger partial charge in [-0.15, -0.1) is 0 Å². The molecule has 3 aromatic rings. The number of methoxy groups -OCH3 is 1. The molecule has 0 fully saturated rings. The van der Waals surface area contributed by atoms with Crippen molar-refractivity contribution in [3.63, 3.8) is 0 Å². The van der Waals surface area contributed by atoms with Crippen LogP contribution in [0.25, 0.3) is 11.0 Å². The number of benzene rings is 1. The van der Waals surface area contributed by atoms with Crippen molar-refractivity contribution in [1.82, 2.24) is 15.0 Å². The van der Waals surface area contributed by atoms with E-state index in [2.05, 4.69) is 22.1 Å². The molecular weight excluding hydrogens is 306 g/mol. The standard InChI is InChI=1S/C18H19N3OS/c1-11-16(19-7-6-17(11)22-2)10-23-18-20-14-8-12-4-3-5-13(12)9-15(14)21-18/h6-9H,3-5,10H2,1-2H3,(H,20,21). The molecule has 1 aliphatic rings. The normalized spacial score (nSPS) is 13.5. The summed E-state index contributed by atoms with van der Waals surface area (Å²) >= 11 is 1.69. The SMILES string of the molecule is COc1ccnc(CSc2nc3cc4c(cc3[nH]2)CCC4)c1C. The molecule has 2 aromatic heterocycles. The zero-order valence-corrected chi connectivity index (χ0v) is 14.2. The van der Waals surface area contributed by atoms with E-state index in [-0.39, 0.29) is 0 Å². The van der Waals surface area contributed by atoms with Crippen molar-refractivity contribution in [3.05, 3.63) is 46.8 Å². The summed E-state index contributed by atoms with van der Waals surface area (Å²) in [6.07, 6.45) is 5.45. The van der Waals surface area contributed by atoms with E-state index in [1.165, 1.54) is 30.4 Å². The van der Waals surface area contributed by atoms with E-state index in [1.54, 1.807) is 25.1 Å². The Morgan fingerprint density at radius 1 is 1.26 bits per heavy atom. The first-order valence-electron chi connectivity index (χ1n) is 7.87. The minimum absolute atomic E-state index is 0.780. The highest BCUT2D eigenvalue weighted by atomic mass is 32.2. The van der Waals surface area contributed by atoms with Gasteiger partial charge in [-0.1, -0.05) is 11.8 Å². The zero-order chi connectivity index (χ0) is 15.8. The molecule has 1 aromatic carbocycles. The molecule has 118 valence electrons. The molecule has 0 amide bonds. The van der Waals surface area contributed by atoms with Crippen LogP contribution in [-0.2, 0) is 18.6 Å². The third kappa shape index (κ3) is 2.70. The molecule has 0 saturated heterocycles. The summed E-state index contributed by atoms with van der Waals surface area (Å²) in [7, 11) is 1.69. The van der Waals surface area contributed by atoms with E-state index in [0.717, 1.165) is 38.9 Å². The number of ether oxygens (including phenoxy) is 1. The Morgan fingerprint density at radius 2 is 2.09 bits per heavy atom. The van der Waals surface area contributed by atoms with Gasteiger partial charge < -0.3 is 9.72 Å². The Kier molecular flexibility index (Phi) is 3.73. The Balaban J connectivity index is 1.57. The molecule has 5 heteroatoms. The average Bonchev–Trinajstić information content (AvgIpc) is 3.16. The molecule has 4 rings (SSSR count). The highest BCUT2D eigenvalue weighted by molar-refractivity contribution is 7.98. The van der Waals surface area contributed by atoms with Gasteiger partial charge in [0.25, 0.3) is 0 Å². The number of aryl methyl sites for hydroxylation is 2. The van der Waals surface area contributed by atoms with Gasteiger partial charge in [-0.25, -0.2) is 4.98 Å². The van der Waals surface area contributed by atoms with Crippen molar-refractivity contribution >= 4 is 22.8 Å². The molecule has 4 nitrogen and oxygen atoms in total. The number of thioether (sulfide) groups is 1. The van der Waals surface area contributed by atoms with Crippen LogP contribution in [0.1, 0.15) is 28.8 Å². The topological polar surface area (TPSA) is 50.8 Å². The van der Waals surface area contributed by atoms with Crippen LogP contribution < -0.4 is 4.74 Å². The van der Waals surface area contributed by atoms with Gasteiger partial charge in [0.1, 0.15) is 5.75 Å². The molecule has 0 saturated carbocycles. The Labute approximate surface area is 139 Å². The quantitative estimate of drug-likeness (QED) is 0.735. The summed E-state index contributed by atoms with van der Waals surface area (Å²) in [6.45, 7) is 2.05. The molecule has 0 unspecified atom stereocenters. The maximum Gasteiger partial charge on any atom is 0.166 e. The second-order valence-electron chi connectivity index (χ2n) is 5.91. The number of imidazole rings is 1. The molecule has 23 heavy (non-hydrogen) atoms. The third-order valence-electron chi connectivity index (χ3n) is 4.50. The number of aromatic amines is 1. The summed E-state index contributed by atoms with van der Waals surface area (Å²) in [5, 5.41) is 0.952. The molecule has 0 aliphatic heterocycles. The fraction of sp³-hybridized carbons (Fsp3) is 0.333. The van der Waals surface area contributed by atoms with Crippen LogP contribution in [0.3, 0.4) is 0 Å². The maximum absolute atomic E-state index is 5.36. The predicted molar refractivity (Wildman–Crippen MR) is 93.2 cm³/mol. The molecule has 0 atom stereocenters. The van der Waals surface area contributed by atoms with Gasteiger partial charge in [0, 0.05) is 17.5 Å². The number of pyridine rings is 1. The number of rotatable bonds is 4. The highest BCUT2D eigenvalue weighted by Crippen LogP contribution is 2.30. The largest absolute Gasteiger partial charge is 0.496 e. The van der Waals surface area contributed by atoms with E-state index in [1.807, 2.05) is 13.0 Å². The van der Waals surface area contributed by atoms with Crippen molar-refractivity contribution in [2.45, 2.75) is 37.1 Å². The van der Waals surface area contributed by atoms with Crippen molar-refractivity contribution in [3.8, 4) is 5.75 Å². The number of fused-ring (bicyclic) bond motifs is 2. The molecular formula is C18H19N3OS. The van der Waals surface area contributed by atoms with E-state index in [9.17, 15) is 0 Å². The number of H-pyrrole nitrogens is 1. The monoisotopic (exact) mass is 325 g/mol. The number of nitrogens with one attached hydrogen (secondary N) is 1. The van der Waals surface area contributed by atoms with Crippen molar-refractivity contribution in [1.29, 1.82) is 0 Å². The van der Waals surface area contributed by atoms with Gasteiger partial charge in [-0.05, 0) is 55.5 Å². The van der Waals surface area contributed by atoms with Crippen molar-refractivity contribution in [2.24, 2.45) is 0 Å². The minimum Gasteiger partial charge on any atom is -0.496 e. The first-order valence-corrected chi connectivity index (χ1v) is 8.86. The lowest BCUT2D eigenvalue weighted by Gasteiger charge is -2.08. The molecule has 1 N–H and O–H groups in total. The summed E-state index contributed by atoms with van der Waals surface area (Å²) in [5.74, 6) is 1.67. The van der Waals surface area contributed by atoms with Crippen LogP contribution in [0.5, 0.6) is 5.75 Å². The summed E-state index contributed by atoms with van der Waals surface area (Å²) in [4.78, 5) is 12.6. The van der Waals surface area contributed by atoms with Gasteiger partial charge in [0.2, 0.25) is 0 Å². The number of hydrogen-bond donors (Lipinski definition) is 1. The summed E-state index contributed by atoms with van der Waals surface area (Å²) in [5.41, 5.74) is 7.29. The second kappa shape index (κ2) is 5.89. The minimum atomic E-state index is 0.780. The van der Waals surface area contributed by atoms with Crippen LogP contribution in [0.4, 0.5) is 0 Å². The van der Waals surface area contributed by atoms with Crippen LogP contribution in [0.2, 0.25) is 0 Å². The Bertz CT molecular complexity index is 831. The molecule has 0 spiro atoms. The van der Waals surface area contributed by atoms with Crippen molar-refractivity contribution in [2.75, 3.05) is 7.11 Å². The van der Waals surface area contributed by atoms with Gasteiger partial charge in [0.05, 0.1) is 23.8 Å². The summed E-state index contributed by atoms with van der Waals surface area (Å²) < 4.78 is 5.36. The van der Waals surface area contributed by atoms with Gasteiger partial charge in [-0.3, -0.25) is 4.98 Å². The van der Waals surface area contributed by atoms with E-state index in [0.29, 0.717) is 0 Å². The molecule has 2 heterocycles. The highest BCUT2D eigenvalue weighted by Gasteiger charge is 2.14. The third-order valence-corrected chi connectivity index (χ3v) is 5.38. The number of nitrogens with zero attached hydrogens (tertiary/aromatic N) is 2. The fourth-order valence-corrected chi connectivity index (χ4v) is 4.10. The van der Waals surface area contributed by atoms with Gasteiger partial charge in [-0.2, -0.15) is 0 Å². The van der Waals surface area contributed by atoms with E-state index < -0.39 is 0 Å². The molecule has 0 radical (unpaired) electrons.